The van der Waals surface area contributed by atoms with Gasteiger partial charge in [0.2, 0.25) is 0 Å². The summed E-state index contributed by atoms with van der Waals surface area (Å²) in [6.07, 6.45) is 1.88. The first-order valence-corrected chi connectivity index (χ1v) is 8.26. The van der Waals surface area contributed by atoms with Crippen LogP contribution in [-0.4, -0.2) is 41.3 Å². The van der Waals surface area contributed by atoms with Crippen LogP contribution >= 0.6 is 0 Å². The van der Waals surface area contributed by atoms with E-state index in [-0.39, 0.29) is 6.09 Å². The number of nitrogens with zero attached hydrogens (tertiary/aromatic N) is 1. The Bertz CT molecular complexity index is 552. The summed E-state index contributed by atoms with van der Waals surface area (Å²) in [6, 6.07) is 5.51. The number of aryl methyl sites for hydroxylation is 1. The maximum absolute atomic E-state index is 12.2. The standard InChI is InChI=1S/C18H28N2O3/c1-13-10-15(7-8-16(13)21)19-11-14-6-5-9-20(12-14)17(22)23-18(2,3)4/h7-8,10,14,19,21H,5-6,9,11-12H2,1-4H3. The number of anilines is 1. The number of carbonyl (C=O) groups excluding carboxylic acids is 1. The molecule has 1 aromatic carbocycles. The second kappa shape index (κ2) is 7.11. The topological polar surface area (TPSA) is 61.8 Å². The van der Waals surface area contributed by atoms with Crippen molar-refractivity contribution in [1.29, 1.82) is 0 Å². The molecule has 5 heteroatoms. The van der Waals surface area contributed by atoms with Gasteiger partial charge in [-0.3, -0.25) is 0 Å². The number of phenols is 1. The maximum atomic E-state index is 12.2. The number of carbonyl (C=O) groups is 1. The summed E-state index contributed by atoms with van der Waals surface area (Å²) in [5.41, 5.74) is 1.40. The third kappa shape index (κ3) is 5.34. The third-order valence-corrected chi connectivity index (χ3v) is 3.96. The van der Waals surface area contributed by atoms with Gasteiger partial charge in [-0.25, -0.2) is 4.79 Å². The normalized spacial score (nSPS) is 18.6. The molecule has 1 amide bonds. The number of likely N-dealkylation sites (tertiary alicyclic amines) is 1. The van der Waals surface area contributed by atoms with E-state index in [4.69, 9.17) is 4.74 Å². The minimum absolute atomic E-state index is 0.220. The Kier molecular flexibility index (Phi) is 5.39. The van der Waals surface area contributed by atoms with Gasteiger partial charge < -0.3 is 20.1 Å². The quantitative estimate of drug-likeness (QED) is 0.833. The van der Waals surface area contributed by atoms with Gasteiger partial charge in [-0.05, 0) is 70.2 Å². The summed E-state index contributed by atoms with van der Waals surface area (Å²) < 4.78 is 5.46. The predicted molar refractivity (Wildman–Crippen MR) is 91.9 cm³/mol. The van der Waals surface area contributed by atoms with E-state index in [0.717, 1.165) is 43.7 Å². The molecule has 0 bridgehead atoms. The van der Waals surface area contributed by atoms with Crippen LogP contribution in [0, 0.1) is 12.8 Å². The van der Waals surface area contributed by atoms with Gasteiger partial charge in [0.15, 0.2) is 0 Å². The lowest BCUT2D eigenvalue weighted by Gasteiger charge is -2.34. The van der Waals surface area contributed by atoms with Gasteiger partial charge >= 0.3 is 6.09 Å². The van der Waals surface area contributed by atoms with Crippen molar-refractivity contribution in [2.24, 2.45) is 5.92 Å². The first-order valence-electron chi connectivity index (χ1n) is 8.26. The molecule has 1 aliphatic rings. The number of nitrogens with one attached hydrogen (secondary N) is 1. The van der Waals surface area contributed by atoms with E-state index in [0.29, 0.717) is 11.7 Å². The molecule has 0 saturated carbocycles. The molecule has 1 aromatic rings. The minimum Gasteiger partial charge on any atom is -0.508 e. The lowest BCUT2D eigenvalue weighted by molar-refractivity contribution is 0.0172. The van der Waals surface area contributed by atoms with Gasteiger partial charge in [0, 0.05) is 25.3 Å². The monoisotopic (exact) mass is 320 g/mol. The number of aromatic hydroxyl groups is 1. The van der Waals surface area contributed by atoms with E-state index in [2.05, 4.69) is 5.32 Å². The summed E-state index contributed by atoms with van der Waals surface area (Å²) in [5.74, 6) is 0.717. The fraction of sp³-hybridized carbons (Fsp3) is 0.611. The van der Waals surface area contributed by atoms with Crippen molar-refractivity contribution in [3.05, 3.63) is 23.8 Å². The molecule has 0 aliphatic carbocycles. The number of hydrogen-bond acceptors (Lipinski definition) is 4. The van der Waals surface area contributed by atoms with Crippen LogP contribution in [0.2, 0.25) is 0 Å². The summed E-state index contributed by atoms with van der Waals surface area (Å²) in [6.45, 7) is 9.85. The molecule has 1 unspecified atom stereocenters. The molecule has 1 aliphatic heterocycles. The predicted octanol–water partition coefficient (Wildman–Crippen LogP) is 3.76. The Labute approximate surface area is 138 Å². The minimum atomic E-state index is -0.453. The SMILES string of the molecule is Cc1cc(NCC2CCCN(C(=O)OC(C)(C)C)C2)ccc1O. The van der Waals surface area contributed by atoms with Crippen molar-refractivity contribution in [3.63, 3.8) is 0 Å². The molecule has 0 aromatic heterocycles. The molecule has 0 spiro atoms. The largest absolute Gasteiger partial charge is 0.508 e. The van der Waals surface area contributed by atoms with Crippen LogP contribution in [0.1, 0.15) is 39.2 Å². The van der Waals surface area contributed by atoms with E-state index < -0.39 is 5.60 Å². The number of amides is 1. The van der Waals surface area contributed by atoms with Crippen LogP contribution < -0.4 is 5.32 Å². The first-order chi connectivity index (χ1) is 10.7. The van der Waals surface area contributed by atoms with Crippen molar-refractivity contribution in [3.8, 4) is 5.75 Å². The lowest BCUT2D eigenvalue weighted by Crippen LogP contribution is -2.44. The molecule has 1 atom stereocenters. The summed E-state index contributed by atoms with van der Waals surface area (Å²) in [5, 5.41) is 13.0. The zero-order valence-electron chi connectivity index (χ0n) is 14.6. The second-order valence-corrected chi connectivity index (χ2v) is 7.32. The Balaban J connectivity index is 1.86. The van der Waals surface area contributed by atoms with E-state index in [1.807, 2.05) is 44.7 Å². The highest BCUT2D eigenvalue weighted by atomic mass is 16.6. The number of rotatable bonds is 3. The fourth-order valence-electron chi connectivity index (χ4n) is 2.75. The summed E-state index contributed by atoms with van der Waals surface area (Å²) in [7, 11) is 0. The summed E-state index contributed by atoms with van der Waals surface area (Å²) >= 11 is 0. The van der Waals surface area contributed by atoms with E-state index in [1.54, 1.807) is 6.07 Å². The van der Waals surface area contributed by atoms with Gasteiger partial charge in [0.25, 0.3) is 0 Å². The maximum Gasteiger partial charge on any atom is 0.410 e. The van der Waals surface area contributed by atoms with Crippen LogP contribution in [0.4, 0.5) is 10.5 Å². The van der Waals surface area contributed by atoms with Gasteiger partial charge in [-0.15, -0.1) is 0 Å². The number of hydrogen-bond donors (Lipinski definition) is 2. The molecule has 2 rings (SSSR count). The average molecular weight is 320 g/mol. The van der Waals surface area contributed by atoms with Crippen LogP contribution in [0.5, 0.6) is 5.75 Å². The second-order valence-electron chi connectivity index (χ2n) is 7.32. The number of phenolic OH excluding ortho intramolecular Hbond substituents is 1. The fourth-order valence-corrected chi connectivity index (χ4v) is 2.75. The third-order valence-electron chi connectivity index (χ3n) is 3.96. The first kappa shape index (κ1) is 17.4. The molecular formula is C18H28N2O3. The highest BCUT2D eigenvalue weighted by Crippen LogP contribution is 2.23. The number of benzene rings is 1. The van der Waals surface area contributed by atoms with Crippen LogP contribution in [-0.2, 0) is 4.74 Å². The number of piperidine rings is 1. The highest BCUT2D eigenvalue weighted by molar-refractivity contribution is 5.68. The van der Waals surface area contributed by atoms with Gasteiger partial charge in [-0.1, -0.05) is 0 Å². The van der Waals surface area contributed by atoms with Crippen molar-refractivity contribution >= 4 is 11.8 Å². The summed E-state index contributed by atoms with van der Waals surface area (Å²) in [4.78, 5) is 14.0. The van der Waals surface area contributed by atoms with E-state index in [9.17, 15) is 9.90 Å². The van der Waals surface area contributed by atoms with Gasteiger partial charge in [0.1, 0.15) is 11.4 Å². The molecule has 1 heterocycles. The van der Waals surface area contributed by atoms with Crippen LogP contribution in [0.15, 0.2) is 18.2 Å². The van der Waals surface area contributed by atoms with E-state index in [1.165, 1.54) is 0 Å². The molecule has 2 N–H and O–H groups in total. The Morgan fingerprint density at radius 1 is 1.43 bits per heavy atom. The van der Waals surface area contributed by atoms with Crippen molar-refractivity contribution in [2.75, 3.05) is 25.0 Å². The average Bonchev–Trinajstić information content (AvgIpc) is 2.47. The van der Waals surface area contributed by atoms with E-state index >= 15 is 0 Å². The molecule has 0 radical (unpaired) electrons. The van der Waals surface area contributed by atoms with Crippen molar-refractivity contribution < 1.29 is 14.6 Å². The Hall–Kier alpha value is -1.91. The Morgan fingerprint density at radius 3 is 2.83 bits per heavy atom. The molecular weight excluding hydrogens is 292 g/mol. The van der Waals surface area contributed by atoms with Crippen molar-refractivity contribution in [2.45, 2.75) is 46.1 Å². The molecule has 5 nitrogen and oxygen atoms in total. The van der Waals surface area contributed by atoms with Gasteiger partial charge in [-0.2, -0.15) is 0 Å². The highest BCUT2D eigenvalue weighted by Gasteiger charge is 2.27. The molecule has 23 heavy (non-hydrogen) atoms. The molecule has 128 valence electrons. The number of ether oxygens (including phenoxy) is 1. The van der Waals surface area contributed by atoms with Gasteiger partial charge in [0.05, 0.1) is 0 Å². The lowest BCUT2D eigenvalue weighted by atomic mass is 9.98. The zero-order valence-corrected chi connectivity index (χ0v) is 14.6. The molecule has 1 fully saturated rings. The van der Waals surface area contributed by atoms with Crippen LogP contribution in [0.3, 0.4) is 0 Å². The van der Waals surface area contributed by atoms with Crippen molar-refractivity contribution in [1.82, 2.24) is 4.90 Å². The van der Waals surface area contributed by atoms with Crippen LogP contribution in [0.25, 0.3) is 0 Å². The Morgan fingerprint density at radius 2 is 2.17 bits per heavy atom. The smallest absolute Gasteiger partial charge is 0.410 e. The molecule has 1 saturated heterocycles. The zero-order chi connectivity index (χ0) is 17.0.